The third-order valence-electron chi connectivity index (χ3n) is 1.08. The van der Waals surface area contributed by atoms with Gasteiger partial charge in [-0.15, -0.1) is 0 Å². The van der Waals surface area contributed by atoms with Crippen molar-refractivity contribution in [1.82, 2.24) is 4.72 Å². The predicted octanol–water partition coefficient (Wildman–Crippen LogP) is -0.287. The number of hydrogen-bond donors (Lipinski definition) is 1. The molecule has 0 fully saturated rings. The molecule has 6 heteroatoms. The number of carbonyl (C=O) groups excluding carboxylic acids is 1. The largest absolute Gasteiger partial charge is 0.760 e. The molecular formula is C6H12NO4S-. The van der Waals surface area contributed by atoms with Gasteiger partial charge in [0.15, 0.2) is 0 Å². The Hall–Kier alpha value is -0.460. The summed E-state index contributed by atoms with van der Waals surface area (Å²) in [6, 6.07) is 0. The molecule has 72 valence electrons. The Balaban J connectivity index is 3.19. The first-order valence-electron chi connectivity index (χ1n) is 3.65. The van der Waals surface area contributed by atoms with Crippen molar-refractivity contribution in [3.8, 4) is 0 Å². The molecular weight excluding hydrogens is 182 g/mol. The monoisotopic (exact) mass is 194 g/mol. The van der Waals surface area contributed by atoms with E-state index >= 15 is 0 Å². The molecule has 0 saturated carbocycles. The van der Waals surface area contributed by atoms with Crippen LogP contribution in [0.15, 0.2) is 0 Å². The number of ether oxygens (including phenoxy) is 1. The maximum atomic E-state index is 10.7. The van der Waals surface area contributed by atoms with Gasteiger partial charge in [-0.25, -0.2) is 4.72 Å². The molecule has 1 atom stereocenters. The van der Waals surface area contributed by atoms with Crippen LogP contribution in [0.3, 0.4) is 0 Å². The van der Waals surface area contributed by atoms with E-state index in [9.17, 15) is 13.6 Å². The summed E-state index contributed by atoms with van der Waals surface area (Å²) in [7, 11) is 0. The second kappa shape index (κ2) is 7.20. The molecule has 0 aliphatic rings. The van der Waals surface area contributed by atoms with Crippen LogP contribution in [-0.4, -0.2) is 27.9 Å². The van der Waals surface area contributed by atoms with Crippen LogP contribution < -0.4 is 4.72 Å². The van der Waals surface area contributed by atoms with Gasteiger partial charge in [0.2, 0.25) is 0 Å². The number of rotatable bonds is 6. The van der Waals surface area contributed by atoms with Crippen molar-refractivity contribution in [2.75, 3.05) is 13.2 Å². The molecule has 0 aromatic carbocycles. The lowest BCUT2D eigenvalue weighted by Gasteiger charge is -2.05. The summed E-state index contributed by atoms with van der Waals surface area (Å²) in [5.41, 5.74) is 0. The van der Waals surface area contributed by atoms with Crippen molar-refractivity contribution in [3.63, 3.8) is 0 Å². The predicted molar refractivity (Wildman–Crippen MR) is 42.8 cm³/mol. The van der Waals surface area contributed by atoms with Crippen LogP contribution >= 0.6 is 0 Å². The third kappa shape index (κ3) is 7.64. The van der Waals surface area contributed by atoms with E-state index in [1.807, 2.05) is 0 Å². The summed E-state index contributed by atoms with van der Waals surface area (Å²) in [6.45, 7) is 2.36. The van der Waals surface area contributed by atoms with E-state index < -0.39 is 11.3 Å². The lowest BCUT2D eigenvalue weighted by molar-refractivity contribution is -0.143. The molecule has 0 rings (SSSR count). The molecule has 0 aliphatic carbocycles. The molecule has 1 unspecified atom stereocenters. The molecule has 0 bridgehead atoms. The zero-order valence-corrected chi connectivity index (χ0v) is 7.69. The van der Waals surface area contributed by atoms with Gasteiger partial charge < -0.3 is 9.29 Å². The molecule has 0 radical (unpaired) electrons. The van der Waals surface area contributed by atoms with Crippen LogP contribution in [0.5, 0.6) is 0 Å². The molecule has 0 aliphatic heterocycles. The van der Waals surface area contributed by atoms with Crippen molar-refractivity contribution >= 4 is 17.2 Å². The van der Waals surface area contributed by atoms with Crippen LogP contribution in [0, 0.1) is 0 Å². The molecule has 5 nitrogen and oxygen atoms in total. The second-order valence-electron chi connectivity index (χ2n) is 2.04. The second-order valence-corrected chi connectivity index (χ2v) is 2.80. The smallest absolute Gasteiger partial charge is 0.305 e. The van der Waals surface area contributed by atoms with Crippen LogP contribution in [0.4, 0.5) is 0 Å². The Kier molecular flexibility index (Phi) is 6.93. The van der Waals surface area contributed by atoms with Gasteiger partial charge in [0.05, 0.1) is 6.61 Å². The quantitative estimate of drug-likeness (QED) is 0.358. The highest BCUT2D eigenvalue weighted by molar-refractivity contribution is 7.77. The molecule has 0 saturated heterocycles. The van der Waals surface area contributed by atoms with E-state index in [1.54, 1.807) is 6.92 Å². The number of nitrogens with one attached hydrogen (secondary N) is 1. The summed E-state index contributed by atoms with van der Waals surface area (Å²) >= 11 is -2.24. The molecule has 0 aromatic heterocycles. The van der Waals surface area contributed by atoms with E-state index in [0.717, 1.165) is 0 Å². The normalized spacial score (nSPS) is 12.5. The standard InChI is InChI=1S/C6H13NO4S/c1-2-11-6(8)4-3-5-7-12(9)10/h7H,2-5H2,1H3,(H,9,10)/p-1. The summed E-state index contributed by atoms with van der Waals surface area (Å²) in [6.07, 6.45) is 0.713. The van der Waals surface area contributed by atoms with Crippen LogP contribution in [-0.2, 0) is 20.8 Å². The van der Waals surface area contributed by atoms with Gasteiger partial charge in [-0.1, -0.05) is 0 Å². The minimum atomic E-state index is -2.24. The highest BCUT2D eigenvalue weighted by atomic mass is 32.2. The SMILES string of the molecule is CCOC(=O)CCCNS(=O)[O-]. The van der Waals surface area contributed by atoms with Gasteiger partial charge in [0.25, 0.3) is 0 Å². The Morgan fingerprint density at radius 1 is 1.67 bits per heavy atom. The first-order chi connectivity index (χ1) is 5.66. The zero-order valence-electron chi connectivity index (χ0n) is 6.87. The molecule has 1 N–H and O–H groups in total. The van der Waals surface area contributed by atoms with E-state index in [2.05, 4.69) is 9.46 Å². The summed E-state index contributed by atoms with van der Waals surface area (Å²) in [4.78, 5) is 10.7. The molecule has 0 amide bonds. The van der Waals surface area contributed by atoms with E-state index in [0.29, 0.717) is 13.0 Å². The van der Waals surface area contributed by atoms with E-state index in [-0.39, 0.29) is 18.9 Å². The Labute approximate surface area is 73.9 Å². The van der Waals surface area contributed by atoms with Gasteiger partial charge in [-0.3, -0.25) is 9.00 Å². The number of carbonyl (C=O) groups is 1. The molecule has 0 spiro atoms. The van der Waals surface area contributed by atoms with Crippen molar-refractivity contribution in [3.05, 3.63) is 0 Å². The van der Waals surface area contributed by atoms with Gasteiger partial charge in [0, 0.05) is 24.2 Å². The highest BCUT2D eigenvalue weighted by Gasteiger charge is 1.99. The fourth-order valence-corrected chi connectivity index (χ4v) is 0.932. The van der Waals surface area contributed by atoms with E-state index in [1.165, 1.54) is 0 Å². The Morgan fingerprint density at radius 3 is 2.83 bits per heavy atom. The van der Waals surface area contributed by atoms with Crippen molar-refractivity contribution in [2.45, 2.75) is 19.8 Å². The topological polar surface area (TPSA) is 78.5 Å². The maximum absolute atomic E-state index is 10.7. The summed E-state index contributed by atoms with van der Waals surface area (Å²) in [5, 5.41) is 0. The van der Waals surface area contributed by atoms with Gasteiger partial charge in [-0.05, 0) is 13.3 Å². The average Bonchev–Trinajstić information content (AvgIpc) is 1.98. The van der Waals surface area contributed by atoms with Crippen LogP contribution in [0.2, 0.25) is 0 Å². The lowest BCUT2D eigenvalue weighted by atomic mass is 10.3. The minimum Gasteiger partial charge on any atom is -0.760 e. The highest BCUT2D eigenvalue weighted by Crippen LogP contribution is 1.90. The molecule has 0 aromatic rings. The molecule has 12 heavy (non-hydrogen) atoms. The average molecular weight is 194 g/mol. The van der Waals surface area contributed by atoms with Crippen LogP contribution in [0.25, 0.3) is 0 Å². The van der Waals surface area contributed by atoms with Crippen molar-refractivity contribution in [2.24, 2.45) is 0 Å². The van der Waals surface area contributed by atoms with Gasteiger partial charge in [0.1, 0.15) is 0 Å². The summed E-state index contributed by atoms with van der Waals surface area (Å²) < 4.78 is 26.7. The van der Waals surface area contributed by atoms with Crippen molar-refractivity contribution in [1.29, 1.82) is 0 Å². The Morgan fingerprint density at radius 2 is 2.33 bits per heavy atom. The first kappa shape index (κ1) is 11.5. The minimum absolute atomic E-state index is 0.248. The summed E-state index contributed by atoms with van der Waals surface area (Å²) in [5.74, 6) is -0.295. The first-order valence-corrected chi connectivity index (χ1v) is 4.72. The van der Waals surface area contributed by atoms with Crippen LogP contribution in [0.1, 0.15) is 19.8 Å². The lowest BCUT2D eigenvalue weighted by Crippen LogP contribution is -2.18. The fraction of sp³-hybridized carbons (Fsp3) is 0.833. The van der Waals surface area contributed by atoms with Gasteiger partial charge >= 0.3 is 5.97 Å². The van der Waals surface area contributed by atoms with E-state index in [4.69, 9.17) is 0 Å². The maximum Gasteiger partial charge on any atom is 0.305 e. The number of esters is 1. The Bertz CT molecular complexity index is 162. The fourth-order valence-electron chi connectivity index (χ4n) is 0.621. The molecule has 0 heterocycles. The third-order valence-corrected chi connectivity index (χ3v) is 1.52. The number of hydrogen-bond acceptors (Lipinski definition) is 4. The van der Waals surface area contributed by atoms with Gasteiger partial charge in [-0.2, -0.15) is 0 Å². The zero-order chi connectivity index (χ0) is 9.40. The van der Waals surface area contributed by atoms with Crippen molar-refractivity contribution < 1.29 is 18.3 Å².